The van der Waals surface area contributed by atoms with Gasteiger partial charge in [-0.1, -0.05) is 25.5 Å². The summed E-state index contributed by atoms with van der Waals surface area (Å²) in [7, 11) is 1.59. The number of aryl methyl sites for hydroxylation is 1. The van der Waals surface area contributed by atoms with Gasteiger partial charge in [-0.3, -0.25) is 0 Å². The summed E-state index contributed by atoms with van der Waals surface area (Å²) in [5, 5.41) is 7.53. The number of benzene rings is 1. The molecule has 2 aromatic rings. The van der Waals surface area contributed by atoms with E-state index < -0.39 is 0 Å². The Bertz CT molecular complexity index is 488. The van der Waals surface area contributed by atoms with Gasteiger partial charge in [-0.2, -0.15) is 9.78 Å². The molecule has 16 heavy (non-hydrogen) atoms. The minimum atomic E-state index is -0.219. The molecule has 1 amide bonds. The smallest absolute Gasteiger partial charge is 0.339 e. The van der Waals surface area contributed by atoms with Gasteiger partial charge in [-0.25, -0.2) is 4.79 Å². The van der Waals surface area contributed by atoms with E-state index in [1.807, 2.05) is 39.0 Å². The Kier molecular flexibility index (Phi) is 4.05. The van der Waals surface area contributed by atoms with Gasteiger partial charge in [0.15, 0.2) is 0 Å². The lowest BCUT2D eigenvalue weighted by Crippen LogP contribution is -2.25. The number of carbonyl (C=O) groups is 1. The predicted molar refractivity (Wildman–Crippen MR) is 65.7 cm³/mol. The highest BCUT2D eigenvalue weighted by Gasteiger charge is 2.07. The fraction of sp³-hybridized carbons (Fsp3) is 0.333. The van der Waals surface area contributed by atoms with Gasteiger partial charge in [-0.15, -0.1) is 0 Å². The zero-order valence-corrected chi connectivity index (χ0v) is 10.1. The third-order valence-corrected chi connectivity index (χ3v) is 2.13. The minimum absolute atomic E-state index is 0.219. The molecule has 0 aliphatic rings. The van der Waals surface area contributed by atoms with E-state index in [4.69, 9.17) is 0 Å². The number of carbonyl (C=O) groups excluding carboxylic acids is 1. The first-order chi connectivity index (χ1) is 7.72. The van der Waals surface area contributed by atoms with E-state index in [2.05, 4.69) is 10.4 Å². The van der Waals surface area contributed by atoms with Crippen molar-refractivity contribution in [2.75, 3.05) is 7.05 Å². The normalized spacial score (nSPS) is 9.50. The summed E-state index contributed by atoms with van der Waals surface area (Å²) >= 11 is 0. The van der Waals surface area contributed by atoms with Crippen LogP contribution in [0.5, 0.6) is 0 Å². The van der Waals surface area contributed by atoms with Crippen molar-refractivity contribution >= 4 is 16.9 Å². The topological polar surface area (TPSA) is 46.9 Å². The van der Waals surface area contributed by atoms with Crippen molar-refractivity contribution in [3.63, 3.8) is 0 Å². The van der Waals surface area contributed by atoms with Crippen LogP contribution in [0.4, 0.5) is 4.79 Å². The van der Waals surface area contributed by atoms with Crippen molar-refractivity contribution in [1.29, 1.82) is 0 Å². The van der Waals surface area contributed by atoms with Crippen LogP contribution in [0.1, 0.15) is 19.4 Å². The molecule has 4 nitrogen and oxygen atoms in total. The van der Waals surface area contributed by atoms with E-state index in [-0.39, 0.29) is 6.03 Å². The maximum Gasteiger partial charge on any atom is 0.342 e. The number of hydrogen-bond donors (Lipinski definition) is 1. The number of hydrogen-bond acceptors (Lipinski definition) is 2. The number of rotatable bonds is 0. The first kappa shape index (κ1) is 12.2. The van der Waals surface area contributed by atoms with Gasteiger partial charge in [0.25, 0.3) is 0 Å². The number of nitrogens with zero attached hydrogens (tertiary/aromatic N) is 2. The van der Waals surface area contributed by atoms with Crippen LogP contribution >= 0.6 is 0 Å². The second-order valence-electron chi connectivity index (χ2n) is 3.17. The third kappa shape index (κ3) is 2.21. The van der Waals surface area contributed by atoms with Crippen molar-refractivity contribution in [3.05, 3.63) is 30.0 Å². The molecule has 0 aliphatic heterocycles. The Labute approximate surface area is 95.3 Å². The van der Waals surface area contributed by atoms with Crippen LogP contribution in [0.3, 0.4) is 0 Å². The number of aromatic nitrogens is 2. The van der Waals surface area contributed by atoms with Gasteiger partial charge < -0.3 is 5.32 Å². The number of amides is 1. The number of nitrogens with one attached hydrogen (secondary N) is 1. The van der Waals surface area contributed by atoms with Crippen molar-refractivity contribution in [3.8, 4) is 0 Å². The highest BCUT2D eigenvalue weighted by molar-refractivity contribution is 5.89. The molecule has 2 rings (SSSR count). The Morgan fingerprint density at radius 1 is 1.38 bits per heavy atom. The molecule has 1 aromatic heterocycles. The Morgan fingerprint density at radius 3 is 2.69 bits per heavy atom. The molecule has 0 fully saturated rings. The zero-order valence-electron chi connectivity index (χ0n) is 10.1. The second-order valence-corrected chi connectivity index (χ2v) is 3.17. The van der Waals surface area contributed by atoms with Crippen LogP contribution in [-0.2, 0) is 0 Å². The second kappa shape index (κ2) is 5.30. The van der Waals surface area contributed by atoms with Gasteiger partial charge >= 0.3 is 6.03 Å². The molecule has 0 saturated carbocycles. The summed E-state index contributed by atoms with van der Waals surface area (Å²) in [5.41, 5.74) is 1.99. The fourth-order valence-corrected chi connectivity index (χ4v) is 1.42. The predicted octanol–water partition coefficient (Wildman–Crippen LogP) is 2.56. The molecule has 0 bridgehead atoms. The van der Waals surface area contributed by atoms with E-state index in [1.54, 1.807) is 13.2 Å². The van der Waals surface area contributed by atoms with E-state index in [0.717, 1.165) is 16.5 Å². The van der Waals surface area contributed by atoms with Crippen molar-refractivity contribution < 1.29 is 4.79 Å². The molecular weight excluding hydrogens is 202 g/mol. The summed E-state index contributed by atoms with van der Waals surface area (Å²) in [6.45, 7) is 6.01. The van der Waals surface area contributed by atoms with Crippen LogP contribution in [0, 0.1) is 6.92 Å². The summed E-state index contributed by atoms with van der Waals surface area (Å²) in [5.74, 6) is 0. The van der Waals surface area contributed by atoms with E-state index in [9.17, 15) is 4.79 Å². The van der Waals surface area contributed by atoms with Gasteiger partial charge in [-0.05, 0) is 19.1 Å². The molecule has 1 aromatic carbocycles. The summed E-state index contributed by atoms with van der Waals surface area (Å²) in [6.07, 6.45) is 1.69. The molecule has 0 radical (unpaired) electrons. The van der Waals surface area contributed by atoms with Crippen LogP contribution in [0.15, 0.2) is 24.4 Å². The van der Waals surface area contributed by atoms with Crippen molar-refractivity contribution in [1.82, 2.24) is 15.1 Å². The first-order valence-corrected chi connectivity index (χ1v) is 5.39. The molecule has 1 heterocycles. The van der Waals surface area contributed by atoms with Crippen LogP contribution in [0.2, 0.25) is 0 Å². The monoisotopic (exact) mass is 219 g/mol. The van der Waals surface area contributed by atoms with Gasteiger partial charge in [0.2, 0.25) is 0 Å². The molecule has 0 spiro atoms. The van der Waals surface area contributed by atoms with Gasteiger partial charge in [0, 0.05) is 12.4 Å². The Hall–Kier alpha value is -1.84. The standard InChI is InChI=1S/C10H11N3O.C2H6/c1-7-3-4-9-8(5-7)6-12-13(9)10(14)11-2;1-2/h3-6H,1-2H3,(H,11,14);1-2H3. The van der Waals surface area contributed by atoms with Crippen molar-refractivity contribution in [2.24, 2.45) is 0 Å². The molecule has 86 valence electrons. The maximum absolute atomic E-state index is 11.4. The lowest BCUT2D eigenvalue weighted by Gasteiger charge is -2.00. The molecule has 0 aliphatic carbocycles. The Morgan fingerprint density at radius 2 is 2.06 bits per heavy atom. The van der Waals surface area contributed by atoms with E-state index in [1.165, 1.54) is 4.68 Å². The average molecular weight is 219 g/mol. The molecular formula is C12H17N3O. The first-order valence-electron chi connectivity index (χ1n) is 5.39. The molecule has 1 N–H and O–H groups in total. The van der Waals surface area contributed by atoms with Crippen LogP contribution in [-0.4, -0.2) is 22.9 Å². The molecule has 0 unspecified atom stereocenters. The fourth-order valence-electron chi connectivity index (χ4n) is 1.42. The lowest BCUT2D eigenvalue weighted by molar-refractivity contribution is 0.242. The van der Waals surface area contributed by atoms with E-state index in [0.29, 0.717) is 0 Å². The molecule has 0 atom stereocenters. The number of fused-ring (bicyclic) bond motifs is 1. The summed E-state index contributed by atoms with van der Waals surface area (Å²) in [4.78, 5) is 11.4. The van der Waals surface area contributed by atoms with Gasteiger partial charge in [0.05, 0.1) is 11.7 Å². The average Bonchev–Trinajstić information content (AvgIpc) is 2.73. The lowest BCUT2D eigenvalue weighted by atomic mass is 10.2. The molecule has 4 heteroatoms. The minimum Gasteiger partial charge on any atom is -0.339 e. The largest absolute Gasteiger partial charge is 0.342 e. The SMILES string of the molecule is CC.CNC(=O)n1ncc2cc(C)ccc21. The van der Waals surface area contributed by atoms with Crippen LogP contribution < -0.4 is 5.32 Å². The third-order valence-electron chi connectivity index (χ3n) is 2.13. The highest BCUT2D eigenvalue weighted by atomic mass is 16.2. The van der Waals surface area contributed by atoms with Crippen LogP contribution in [0.25, 0.3) is 10.9 Å². The summed E-state index contributed by atoms with van der Waals surface area (Å²) in [6, 6.07) is 5.64. The van der Waals surface area contributed by atoms with E-state index >= 15 is 0 Å². The maximum atomic E-state index is 11.4. The highest BCUT2D eigenvalue weighted by Crippen LogP contribution is 2.14. The van der Waals surface area contributed by atoms with Gasteiger partial charge in [0.1, 0.15) is 0 Å². The zero-order chi connectivity index (χ0) is 12.1. The quantitative estimate of drug-likeness (QED) is 0.740. The molecule has 0 saturated heterocycles. The summed E-state index contributed by atoms with van der Waals surface area (Å²) < 4.78 is 1.36. The Balaban J connectivity index is 0.000000606. The van der Waals surface area contributed by atoms with Crippen molar-refractivity contribution in [2.45, 2.75) is 20.8 Å².